The Morgan fingerprint density at radius 2 is 1.78 bits per heavy atom. The Bertz CT molecular complexity index is 751. The lowest BCUT2D eigenvalue weighted by Gasteiger charge is -2.08. The number of hydrogen-bond donors (Lipinski definition) is 3. The summed E-state index contributed by atoms with van der Waals surface area (Å²) in [5.41, 5.74) is 2.03. The molecule has 5 nitrogen and oxygen atoms in total. The molecule has 0 aliphatic rings. The third kappa shape index (κ3) is 4.87. The van der Waals surface area contributed by atoms with Gasteiger partial charge >= 0.3 is 0 Å². The minimum Gasteiger partial charge on any atom is -0.348 e. The molecule has 2 aromatic rings. The highest BCUT2D eigenvalue weighted by Crippen LogP contribution is 2.13. The van der Waals surface area contributed by atoms with Gasteiger partial charge in [-0.25, -0.2) is 0 Å². The smallest absolute Gasteiger partial charge is 0.252 e. The van der Waals surface area contributed by atoms with E-state index in [1.807, 2.05) is 6.07 Å². The summed E-state index contributed by atoms with van der Waals surface area (Å²) in [7, 11) is 0. The second kappa shape index (κ2) is 8.01. The highest BCUT2D eigenvalue weighted by atomic mass is 32.1. The van der Waals surface area contributed by atoms with E-state index in [2.05, 4.69) is 23.3 Å². The molecule has 0 aliphatic heterocycles. The van der Waals surface area contributed by atoms with Crippen molar-refractivity contribution in [1.82, 2.24) is 5.32 Å². The minimum atomic E-state index is -0.348. The molecule has 0 aromatic heterocycles. The van der Waals surface area contributed by atoms with Crippen molar-refractivity contribution in [1.29, 1.82) is 5.26 Å². The van der Waals surface area contributed by atoms with Crippen LogP contribution in [0.15, 0.2) is 53.4 Å². The third-order valence-corrected chi connectivity index (χ3v) is 3.47. The third-order valence-electron chi connectivity index (χ3n) is 3.08. The van der Waals surface area contributed by atoms with Gasteiger partial charge in [0.15, 0.2) is 0 Å². The van der Waals surface area contributed by atoms with E-state index in [1.54, 1.807) is 48.5 Å². The van der Waals surface area contributed by atoms with Crippen molar-refractivity contribution in [3.05, 3.63) is 59.7 Å². The van der Waals surface area contributed by atoms with Crippen LogP contribution in [0.1, 0.15) is 22.3 Å². The van der Waals surface area contributed by atoms with Gasteiger partial charge in [-0.05, 0) is 29.8 Å². The number of amides is 2. The van der Waals surface area contributed by atoms with Crippen molar-refractivity contribution in [2.45, 2.75) is 17.9 Å². The van der Waals surface area contributed by atoms with Crippen molar-refractivity contribution < 1.29 is 9.59 Å². The Morgan fingerprint density at radius 3 is 2.43 bits per heavy atom. The van der Waals surface area contributed by atoms with Crippen molar-refractivity contribution in [3.8, 4) is 6.07 Å². The maximum absolute atomic E-state index is 12.1. The zero-order chi connectivity index (χ0) is 16.7. The fourth-order valence-electron chi connectivity index (χ4n) is 1.93. The van der Waals surface area contributed by atoms with Crippen molar-refractivity contribution in [2.75, 3.05) is 5.32 Å². The summed E-state index contributed by atoms with van der Waals surface area (Å²) < 4.78 is 0. The topological polar surface area (TPSA) is 82.0 Å². The van der Waals surface area contributed by atoms with E-state index in [9.17, 15) is 9.59 Å². The molecule has 0 radical (unpaired) electrons. The fourth-order valence-corrected chi connectivity index (χ4v) is 2.19. The Morgan fingerprint density at radius 1 is 1.09 bits per heavy atom. The van der Waals surface area contributed by atoms with E-state index in [4.69, 9.17) is 5.26 Å². The summed E-state index contributed by atoms with van der Waals surface area (Å²) >= 11 is 4.26. The van der Waals surface area contributed by atoms with E-state index >= 15 is 0 Å². The predicted octanol–water partition coefficient (Wildman–Crippen LogP) is 2.76. The zero-order valence-corrected chi connectivity index (χ0v) is 13.1. The van der Waals surface area contributed by atoms with Crippen LogP contribution in [0.4, 0.5) is 5.69 Å². The number of carbonyl (C=O) groups excluding carboxylic acids is 2. The molecule has 2 rings (SSSR count). The largest absolute Gasteiger partial charge is 0.348 e. The number of rotatable bonds is 5. The minimum absolute atomic E-state index is 0.180. The summed E-state index contributed by atoms with van der Waals surface area (Å²) in [4.78, 5) is 24.0. The molecule has 0 heterocycles. The Hall–Kier alpha value is -2.78. The van der Waals surface area contributed by atoms with E-state index in [0.717, 1.165) is 5.56 Å². The Labute approximate surface area is 139 Å². The highest BCUT2D eigenvalue weighted by Gasteiger charge is 2.08. The molecular formula is C17H15N3O2S. The molecule has 0 spiro atoms. The predicted molar refractivity (Wildman–Crippen MR) is 90.2 cm³/mol. The normalized spacial score (nSPS) is 9.74. The van der Waals surface area contributed by atoms with E-state index < -0.39 is 0 Å². The second-order valence-electron chi connectivity index (χ2n) is 4.78. The van der Waals surface area contributed by atoms with E-state index in [0.29, 0.717) is 22.7 Å². The molecule has 2 aromatic carbocycles. The maximum Gasteiger partial charge on any atom is 0.252 e. The lowest BCUT2D eigenvalue weighted by molar-refractivity contribution is -0.115. The summed E-state index contributed by atoms with van der Waals surface area (Å²) in [6.45, 7) is 0.368. The monoisotopic (exact) mass is 325 g/mol. The Kier molecular flexibility index (Phi) is 5.78. The number of nitrogens with one attached hydrogen (secondary N) is 2. The van der Waals surface area contributed by atoms with Gasteiger partial charge in [-0.2, -0.15) is 5.26 Å². The number of nitrogens with zero attached hydrogens (tertiary/aromatic N) is 1. The molecule has 23 heavy (non-hydrogen) atoms. The summed E-state index contributed by atoms with van der Waals surface area (Å²) in [5, 5.41) is 13.9. The molecule has 116 valence electrons. The van der Waals surface area contributed by atoms with Crippen LogP contribution in [-0.2, 0) is 11.3 Å². The molecule has 0 atom stereocenters. The lowest BCUT2D eigenvalue weighted by atomic mass is 10.1. The number of carbonyl (C=O) groups is 2. The van der Waals surface area contributed by atoms with Gasteiger partial charge in [0.1, 0.15) is 6.42 Å². The van der Waals surface area contributed by atoms with Gasteiger partial charge in [-0.1, -0.05) is 24.3 Å². The molecule has 0 saturated heterocycles. The van der Waals surface area contributed by atoms with Crippen LogP contribution >= 0.6 is 12.6 Å². The average Bonchev–Trinajstić information content (AvgIpc) is 2.54. The van der Waals surface area contributed by atoms with Crippen LogP contribution in [0.5, 0.6) is 0 Å². The van der Waals surface area contributed by atoms with Crippen molar-refractivity contribution in [2.24, 2.45) is 0 Å². The van der Waals surface area contributed by atoms with Gasteiger partial charge in [0.25, 0.3) is 5.91 Å². The average molecular weight is 325 g/mol. The number of nitriles is 1. The zero-order valence-electron chi connectivity index (χ0n) is 12.2. The van der Waals surface area contributed by atoms with Crippen LogP contribution in [-0.4, -0.2) is 11.8 Å². The van der Waals surface area contributed by atoms with Crippen molar-refractivity contribution >= 4 is 30.1 Å². The molecular weight excluding hydrogens is 310 g/mol. The SMILES string of the molecule is N#CCC(=O)Nc1ccc(CNC(=O)c2ccccc2S)cc1. The highest BCUT2D eigenvalue weighted by molar-refractivity contribution is 7.80. The van der Waals surface area contributed by atoms with Gasteiger partial charge in [0, 0.05) is 17.1 Å². The van der Waals surface area contributed by atoms with Crippen molar-refractivity contribution in [3.63, 3.8) is 0 Å². The molecule has 0 bridgehead atoms. The first-order chi connectivity index (χ1) is 11.1. The summed E-state index contributed by atoms with van der Waals surface area (Å²) in [6.07, 6.45) is -0.180. The van der Waals surface area contributed by atoms with Crippen LogP contribution in [0, 0.1) is 11.3 Å². The van der Waals surface area contributed by atoms with E-state index in [1.165, 1.54) is 0 Å². The quantitative estimate of drug-likeness (QED) is 0.739. The van der Waals surface area contributed by atoms with Gasteiger partial charge in [0.2, 0.25) is 5.91 Å². The lowest BCUT2D eigenvalue weighted by Crippen LogP contribution is -2.23. The molecule has 0 fully saturated rings. The number of thiol groups is 1. The van der Waals surface area contributed by atoms with Crippen LogP contribution in [0.25, 0.3) is 0 Å². The summed E-state index contributed by atoms with van der Waals surface area (Å²) in [5.74, 6) is -0.541. The van der Waals surface area contributed by atoms with Gasteiger partial charge in [0.05, 0.1) is 11.6 Å². The first kappa shape index (κ1) is 16.6. The molecule has 0 unspecified atom stereocenters. The maximum atomic E-state index is 12.1. The molecule has 0 aliphatic carbocycles. The molecule has 0 saturated carbocycles. The molecule has 2 amide bonds. The number of hydrogen-bond acceptors (Lipinski definition) is 4. The first-order valence-corrected chi connectivity index (χ1v) is 7.37. The fraction of sp³-hybridized carbons (Fsp3) is 0.118. The summed E-state index contributed by atoms with van der Waals surface area (Å²) in [6, 6.07) is 15.9. The van der Waals surface area contributed by atoms with Gasteiger partial charge in [-0.3, -0.25) is 9.59 Å². The van der Waals surface area contributed by atoms with E-state index in [-0.39, 0.29) is 18.2 Å². The van der Waals surface area contributed by atoms with Gasteiger partial charge < -0.3 is 10.6 Å². The first-order valence-electron chi connectivity index (χ1n) is 6.92. The van der Waals surface area contributed by atoms with Crippen LogP contribution in [0.3, 0.4) is 0 Å². The standard InChI is InChI=1S/C17H15N3O2S/c18-10-9-16(21)20-13-7-5-12(6-8-13)11-19-17(22)14-3-1-2-4-15(14)23/h1-8,23H,9,11H2,(H,19,22)(H,20,21). The van der Waals surface area contributed by atoms with Crippen LogP contribution < -0.4 is 10.6 Å². The van der Waals surface area contributed by atoms with Crippen LogP contribution in [0.2, 0.25) is 0 Å². The molecule has 6 heteroatoms. The second-order valence-corrected chi connectivity index (χ2v) is 5.26. The molecule has 2 N–H and O–H groups in total. The number of anilines is 1. The number of benzene rings is 2. The Balaban J connectivity index is 1.92. The van der Waals surface area contributed by atoms with Gasteiger partial charge in [-0.15, -0.1) is 12.6 Å².